The van der Waals surface area contributed by atoms with E-state index in [9.17, 15) is 23.2 Å². The smallest absolute Gasteiger partial charge is 0.381 e. The molecular formula is C31H26F3N5O2. The number of ether oxygens (including phenoxy) is 1. The Bertz CT molecular complexity index is 1610. The molecule has 1 atom stereocenters. The van der Waals surface area contributed by atoms with E-state index in [1.54, 1.807) is 30.6 Å². The number of nitrogens with one attached hydrogen (secondary N) is 1. The Morgan fingerprint density at radius 2 is 1.88 bits per heavy atom. The van der Waals surface area contributed by atoms with Gasteiger partial charge in [0.2, 0.25) is 0 Å². The van der Waals surface area contributed by atoms with E-state index >= 15 is 0 Å². The normalized spacial score (nSPS) is 13.3. The Kier molecular flexibility index (Phi) is 8.26. The maximum atomic E-state index is 13.6. The molecule has 1 aliphatic carbocycles. The summed E-state index contributed by atoms with van der Waals surface area (Å²) in [5.74, 6) is -0.847. The van der Waals surface area contributed by atoms with Gasteiger partial charge in [-0.3, -0.25) is 9.78 Å². The summed E-state index contributed by atoms with van der Waals surface area (Å²) >= 11 is 0. The zero-order valence-electron chi connectivity index (χ0n) is 21.9. The maximum Gasteiger partial charge on any atom is 0.435 e. The van der Waals surface area contributed by atoms with Gasteiger partial charge < -0.3 is 10.1 Å². The van der Waals surface area contributed by atoms with Gasteiger partial charge in [-0.1, -0.05) is 35.9 Å². The number of nitriles is 1. The number of carbonyl (C=O) groups is 1. The summed E-state index contributed by atoms with van der Waals surface area (Å²) in [6.45, 7) is 1.19. The lowest BCUT2D eigenvalue weighted by Crippen LogP contribution is -2.17. The summed E-state index contributed by atoms with van der Waals surface area (Å²) in [7, 11) is 0. The van der Waals surface area contributed by atoms with E-state index in [-0.39, 0.29) is 22.9 Å². The molecule has 4 aromatic rings. The van der Waals surface area contributed by atoms with Crippen LogP contribution >= 0.6 is 0 Å². The Morgan fingerprint density at radius 3 is 2.61 bits per heavy atom. The Balaban J connectivity index is 1.39. The first-order valence-corrected chi connectivity index (χ1v) is 13.1. The molecule has 1 amide bonds. The van der Waals surface area contributed by atoms with Crippen LogP contribution in [0.5, 0.6) is 0 Å². The van der Waals surface area contributed by atoms with Crippen molar-refractivity contribution in [2.75, 3.05) is 18.5 Å². The van der Waals surface area contributed by atoms with Crippen LogP contribution < -0.4 is 5.32 Å². The summed E-state index contributed by atoms with van der Waals surface area (Å²) in [5.41, 5.74) is 2.56. The van der Waals surface area contributed by atoms with E-state index in [0.717, 1.165) is 28.7 Å². The number of allylic oxidation sites excluding steroid dienone is 1. The lowest BCUT2D eigenvalue weighted by molar-refractivity contribution is -0.141. The topological polar surface area (TPSA) is 92.8 Å². The standard InChI is InChI=1S/C31H26F3N5O2/c32-31(33,34)29-18-28(39(38-29)26-8-1-4-22(16-26)19-35)30(40)37-25-7-2-5-23(17-25)27(24-6-3-13-36-20-24)12-15-41-14-11-21-9-10-21/h1-9,13,16-18,20,27H,10-12,14-15H2,(H,37,40). The van der Waals surface area contributed by atoms with Crippen molar-refractivity contribution in [3.8, 4) is 11.8 Å². The van der Waals surface area contributed by atoms with Crippen LogP contribution in [0.25, 0.3) is 5.69 Å². The number of carbonyl (C=O) groups excluding carboxylic acids is 1. The third kappa shape index (κ3) is 7.07. The molecule has 10 heteroatoms. The maximum absolute atomic E-state index is 13.6. The van der Waals surface area contributed by atoms with Crippen molar-refractivity contribution < 1.29 is 22.7 Å². The number of pyridine rings is 1. The van der Waals surface area contributed by atoms with Gasteiger partial charge in [0.05, 0.1) is 23.9 Å². The monoisotopic (exact) mass is 557 g/mol. The quantitative estimate of drug-likeness (QED) is 0.164. The average Bonchev–Trinajstić information content (AvgIpc) is 3.68. The second-order valence-electron chi connectivity index (χ2n) is 9.62. The highest BCUT2D eigenvalue weighted by Crippen LogP contribution is 2.32. The van der Waals surface area contributed by atoms with E-state index in [2.05, 4.69) is 21.5 Å². The van der Waals surface area contributed by atoms with Crippen LogP contribution in [0.15, 0.2) is 90.8 Å². The first kappa shape index (κ1) is 27.8. The first-order valence-electron chi connectivity index (χ1n) is 13.1. The second kappa shape index (κ2) is 12.2. The lowest BCUT2D eigenvalue weighted by Gasteiger charge is -2.19. The number of alkyl halides is 3. The van der Waals surface area contributed by atoms with Crippen LogP contribution in [-0.4, -0.2) is 33.9 Å². The molecule has 0 saturated carbocycles. The fraction of sp³-hybridized carbons (Fsp3) is 0.226. The van der Waals surface area contributed by atoms with Crippen molar-refractivity contribution in [2.24, 2.45) is 0 Å². The van der Waals surface area contributed by atoms with Crippen molar-refractivity contribution >= 4 is 11.6 Å². The van der Waals surface area contributed by atoms with Crippen molar-refractivity contribution in [2.45, 2.75) is 31.4 Å². The molecule has 1 unspecified atom stereocenters. The van der Waals surface area contributed by atoms with Gasteiger partial charge in [0.15, 0.2) is 5.69 Å². The van der Waals surface area contributed by atoms with E-state index in [1.165, 1.54) is 29.8 Å². The van der Waals surface area contributed by atoms with E-state index in [0.29, 0.717) is 31.4 Å². The average molecular weight is 558 g/mol. The lowest BCUT2D eigenvalue weighted by atomic mass is 9.89. The number of rotatable bonds is 11. The molecule has 0 fully saturated rings. The van der Waals surface area contributed by atoms with Crippen LogP contribution in [0, 0.1) is 11.3 Å². The summed E-state index contributed by atoms with van der Waals surface area (Å²) in [4.78, 5) is 17.6. The Morgan fingerprint density at radius 1 is 1.07 bits per heavy atom. The van der Waals surface area contributed by atoms with E-state index < -0.39 is 17.8 Å². The van der Waals surface area contributed by atoms with E-state index in [4.69, 9.17) is 4.74 Å². The predicted octanol–water partition coefficient (Wildman–Crippen LogP) is 6.67. The predicted molar refractivity (Wildman–Crippen MR) is 147 cm³/mol. The molecule has 7 nitrogen and oxygen atoms in total. The van der Waals surface area contributed by atoms with Crippen LogP contribution in [0.1, 0.15) is 58.1 Å². The largest absolute Gasteiger partial charge is 0.435 e. The number of nitrogens with zero attached hydrogens (tertiary/aromatic N) is 4. The molecule has 0 spiro atoms. The SMILES string of the molecule is N#Cc1cccc(-n2nc(C(F)(F)F)cc2C(=O)Nc2cccc(C(CCOCCC3=CC3)c3cccnc3)c2)c1. The van der Waals surface area contributed by atoms with Crippen LogP contribution in [0.4, 0.5) is 18.9 Å². The molecule has 41 heavy (non-hydrogen) atoms. The fourth-order valence-corrected chi connectivity index (χ4v) is 4.50. The van der Waals surface area contributed by atoms with Crippen molar-refractivity contribution in [3.05, 3.63) is 119 Å². The highest BCUT2D eigenvalue weighted by molar-refractivity contribution is 6.03. The molecule has 1 N–H and O–H groups in total. The van der Waals surface area contributed by atoms with Crippen LogP contribution in [-0.2, 0) is 10.9 Å². The number of halogens is 3. The van der Waals surface area contributed by atoms with Gasteiger partial charge in [0.25, 0.3) is 5.91 Å². The molecule has 2 aromatic heterocycles. The Labute approximate surface area is 234 Å². The molecule has 0 bridgehead atoms. The number of anilines is 1. The minimum absolute atomic E-state index is 0.0724. The first-order chi connectivity index (χ1) is 19.8. The van der Waals surface area contributed by atoms with Crippen molar-refractivity contribution in [1.29, 1.82) is 5.26 Å². The molecule has 208 valence electrons. The third-order valence-electron chi connectivity index (χ3n) is 6.70. The van der Waals surface area contributed by atoms with Gasteiger partial charge in [0.1, 0.15) is 5.69 Å². The third-order valence-corrected chi connectivity index (χ3v) is 6.70. The summed E-state index contributed by atoms with van der Waals surface area (Å²) in [6.07, 6.45) is 3.60. The van der Waals surface area contributed by atoms with Crippen molar-refractivity contribution in [3.63, 3.8) is 0 Å². The highest BCUT2D eigenvalue weighted by Gasteiger charge is 2.36. The number of benzene rings is 2. The zero-order valence-corrected chi connectivity index (χ0v) is 21.9. The second-order valence-corrected chi connectivity index (χ2v) is 9.62. The van der Waals surface area contributed by atoms with Gasteiger partial charge in [-0.15, -0.1) is 0 Å². The van der Waals surface area contributed by atoms with Gasteiger partial charge in [-0.05, 0) is 66.8 Å². The summed E-state index contributed by atoms with van der Waals surface area (Å²) < 4.78 is 47.4. The molecule has 2 heterocycles. The minimum Gasteiger partial charge on any atom is -0.381 e. The molecular weight excluding hydrogens is 531 g/mol. The zero-order chi connectivity index (χ0) is 28.8. The molecule has 5 rings (SSSR count). The molecule has 0 saturated heterocycles. The van der Waals surface area contributed by atoms with Gasteiger partial charge in [-0.2, -0.15) is 23.5 Å². The highest BCUT2D eigenvalue weighted by atomic mass is 19.4. The van der Waals surface area contributed by atoms with Gasteiger partial charge >= 0.3 is 6.18 Å². The number of hydrogen-bond donors (Lipinski definition) is 1. The number of aromatic nitrogens is 3. The number of hydrogen-bond acceptors (Lipinski definition) is 5. The molecule has 2 aromatic carbocycles. The van der Waals surface area contributed by atoms with Crippen molar-refractivity contribution in [1.82, 2.24) is 14.8 Å². The molecule has 1 aliphatic rings. The summed E-state index contributed by atoms with van der Waals surface area (Å²) in [5, 5.41) is 15.6. The van der Waals surface area contributed by atoms with Crippen LogP contribution in [0.2, 0.25) is 0 Å². The molecule has 0 radical (unpaired) electrons. The molecule has 0 aliphatic heterocycles. The summed E-state index contributed by atoms with van der Waals surface area (Å²) in [6, 6.07) is 19.5. The number of amides is 1. The fourth-order valence-electron chi connectivity index (χ4n) is 4.50. The van der Waals surface area contributed by atoms with E-state index in [1.807, 2.05) is 24.3 Å². The Hall–Kier alpha value is -4.75. The minimum atomic E-state index is -4.76. The van der Waals surface area contributed by atoms with Crippen LogP contribution in [0.3, 0.4) is 0 Å². The van der Waals surface area contributed by atoms with Gasteiger partial charge in [-0.25, -0.2) is 4.68 Å². The van der Waals surface area contributed by atoms with Gasteiger partial charge in [0, 0.05) is 36.7 Å².